The van der Waals surface area contributed by atoms with Gasteiger partial charge in [-0.2, -0.15) is 0 Å². The molecule has 1 N–H and O–H groups in total. The SMILES string of the molecule is CCCS(=O)(=O)N1CCCc2cc(NS(=O)(=O)c3ccccc3Cl)ccc21. The normalized spacial score (nSPS) is 14.7. The van der Waals surface area contributed by atoms with E-state index in [0.717, 1.165) is 5.56 Å². The third kappa shape index (κ3) is 4.23. The molecule has 0 saturated heterocycles. The van der Waals surface area contributed by atoms with Gasteiger partial charge in [-0.05, 0) is 55.2 Å². The van der Waals surface area contributed by atoms with Gasteiger partial charge in [-0.3, -0.25) is 9.03 Å². The first-order valence-electron chi connectivity index (χ1n) is 8.65. The molecule has 27 heavy (non-hydrogen) atoms. The maximum absolute atomic E-state index is 12.6. The summed E-state index contributed by atoms with van der Waals surface area (Å²) in [6.45, 7) is 2.27. The number of anilines is 2. The first-order valence-corrected chi connectivity index (χ1v) is 12.1. The molecule has 0 spiro atoms. The Kier molecular flexibility index (Phi) is 5.69. The van der Waals surface area contributed by atoms with E-state index in [0.29, 0.717) is 37.2 Å². The van der Waals surface area contributed by atoms with E-state index in [2.05, 4.69) is 4.72 Å². The molecular weight excluding hydrogens is 408 g/mol. The van der Waals surface area contributed by atoms with Gasteiger partial charge in [-0.25, -0.2) is 16.8 Å². The lowest BCUT2D eigenvalue weighted by Gasteiger charge is -2.30. The molecule has 0 unspecified atom stereocenters. The number of hydrogen-bond donors (Lipinski definition) is 1. The second-order valence-corrected chi connectivity index (χ2v) is 10.4. The van der Waals surface area contributed by atoms with Crippen molar-refractivity contribution in [3.05, 3.63) is 53.1 Å². The Morgan fingerprint density at radius 1 is 1.11 bits per heavy atom. The number of aryl methyl sites for hydroxylation is 1. The number of benzene rings is 2. The molecule has 1 aliphatic rings. The van der Waals surface area contributed by atoms with Crippen LogP contribution in [0.1, 0.15) is 25.3 Å². The van der Waals surface area contributed by atoms with Gasteiger partial charge in [0.15, 0.2) is 0 Å². The Morgan fingerprint density at radius 3 is 2.56 bits per heavy atom. The van der Waals surface area contributed by atoms with Crippen LogP contribution in [-0.4, -0.2) is 29.1 Å². The van der Waals surface area contributed by atoms with Gasteiger partial charge in [0, 0.05) is 12.2 Å². The largest absolute Gasteiger partial charge is 0.280 e. The highest BCUT2D eigenvalue weighted by Crippen LogP contribution is 2.33. The van der Waals surface area contributed by atoms with Crippen molar-refractivity contribution in [1.82, 2.24) is 0 Å². The molecule has 2 aromatic carbocycles. The number of nitrogens with zero attached hydrogens (tertiary/aromatic N) is 1. The number of nitrogens with one attached hydrogen (secondary N) is 1. The maximum Gasteiger partial charge on any atom is 0.263 e. The quantitative estimate of drug-likeness (QED) is 0.761. The van der Waals surface area contributed by atoms with Crippen LogP contribution in [0.2, 0.25) is 5.02 Å². The number of halogens is 1. The molecule has 0 bridgehead atoms. The van der Waals surface area contributed by atoms with Gasteiger partial charge >= 0.3 is 0 Å². The van der Waals surface area contributed by atoms with Crippen LogP contribution >= 0.6 is 11.6 Å². The van der Waals surface area contributed by atoms with Gasteiger partial charge < -0.3 is 0 Å². The zero-order chi connectivity index (χ0) is 19.7. The second kappa shape index (κ2) is 7.69. The highest BCUT2D eigenvalue weighted by Gasteiger charge is 2.27. The van der Waals surface area contributed by atoms with Crippen molar-refractivity contribution in [2.24, 2.45) is 0 Å². The molecule has 0 atom stereocenters. The third-order valence-corrected chi connectivity index (χ3v) is 8.19. The molecule has 9 heteroatoms. The Labute approximate surface area is 165 Å². The highest BCUT2D eigenvalue weighted by molar-refractivity contribution is 7.93. The molecule has 0 aliphatic carbocycles. The monoisotopic (exact) mass is 428 g/mol. The van der Waals surface area contributed by atoms with E-state index >= 15 is 0 Å². The molecule has 0 aromatic heterocycles. The van der Waals surface area contributed by atoms with Crippen molar-refractivity contribution in [3.8, 4) is 0 Å². The molecule has 6 nitrogen and oxygen atoms in total. The Hall–Kier alpha value is -1.77. The third-order valence-electron chi connectivity index (χ3n) is 4.33. The first-order chi connectivity index (χ1) is 12.7. The van der Waals surface area contributed by atoms with E-state index in [4.69, 9.17) is 11.6 Å². The first kappa shape index (κ1) is 20.0. The summed E-state index contributed by atoms with van der Waals surface area (Å²) in [4.78, 5) is -0.00321. The summed E-state index contributed by atoms with van der Waals surface area (Å²) in [7, 11) is -7.20. The molecule has 0 amide bonds. The summed E-state index contributed by atoms with van der Waals surface area (Å²) >= 11 is 6.00. The molecule has 1 heterocycles. The van der Waals surface area contributed by atoms with Crippen LogP contribution in [0, 0.1) is 0 Å². The fraction of sp³-hybridized carbons (Fsp3) is 0.333. The predicted molar refractivity (Wildman–Crippen MR) is 108 cm³/mol. The fourth-order valence-electron chi connectivity index (χ4n) is 3.16. The van der Waals surface area contributed by atoms with Crippen molar-refractivity contribution >= 4 is 43.0 Å². The molecule has 0 saturated carbocycles. The predicted octanol–water partition coefficient (Wildman–Crippen LogP) is 3.63. The Balaban J connectivity index is 1.92. The zero-order valence-corrected chi connectivity index (χ0v) is 17.2. The summed E-state index contributed by atoms with van der Waals surface area (Å²) in [6.07, 6.45) is 1.93. The van der Waals surface area contributed by atoms with E-state index in [1.807, 2.05) is 6.92 Å². The topological polar surface area (TPSA) is 83.6 Å². The van der Waals surface area contributed by atoms with Crippen molar-refractivity contribution in [3.63, 3.8) is 0 Å². The summed E-state index contributed by atoms with van der Waals surface area (Å²) in [5, 5.41) is 0.139. The Morgan fingerprint density at radius 2 is 1.85 bits per heavy atom. The highest BCUT2D eigenvalue weighted by atomic mass is 35.5. The summed E-state index contributed by atoms with van der Waals surface area (Å²) < 4.78 is 54.1. The van der Waals surface area contributed by atoms with E-state index in [-0.39, 0.29) is 15.7 Å². The number of rotatable bonds is 6. The van der Waals surface area contributed by atoms with Gasteiger partial charge in [-0.1, -0.05) is 30.7 Å². The van der Waals surface area contributed by atoms with Crippen molar-refractivity contribution in [2.75, 3.05) is 21.3 Å². The van der Waals surface area contributed by atoms with E-state index in [1.54, 1.807) is 30.3 Å². The van der Waals surface area contributed by atoms with Gasteiger partial charge in [0.05, 0.1) is 16.5 Å². The lowest BCUT2D eigenvalue weighted by molar-refractivity contribution is 0.585. The minimum absolute atomic E-state index is 0.00321. The zero-order valence-electron chi connectivity index (χ0n) is 14.9. The fourth-order valence-corrected chi connectivity index (χ4v) is 6.35. The van der Waals surface area contributed by atoms with Crippen LogP contribution in [0.5, 0.6) is 0 Å². The molecule has 3 rings (SSSR count). The van der Waals surface area contributed by atoms with Gasteiger partial charge in [0.2, 0.25) is 10.0 Å². The van der Waals surface area contributed by atoms with Crippen LogP contribution in [0.15, 0.2) is 47.4 Å². The average molecular weight is 429 g/mol. The van der Waals surface area contributed by atoms with Crippen molar-refractivity contribution in [2.45, 2.75) is 31.1 Å². The molecule has 1 aliphatic heterocycles. The molecule has 2 aromatic rings. The lowest BCUT2D eigenvalue weighted by atomic mass is 10.0. The van der Waals surface area contributed by atoms with Gasteiger partial charge in [0.1, 0.15) is 4.90 Å². The summed E-state index contributed by atoms with van der Waals surface area (Å²) in [5.41, 5.74) is 1.80. The molecule has 146 valence electrons. The smallest absolute Gasteiger partial charge is 0.263 e. The second-order valence-electron chi connectivity index (χ2n) is 6.37. The van der Waals surface area contributed by atoms with Crippen LogP contribution in [0.25, 0.3) is 0 Å². The van der Waals surface area contributed by atoms with E-state index in [9.17, 15) is 16.8 Å². The van der Waals surface area contributed by atoms with Crippen LogP contribution in [0.3, 0.4) is 0 Å². The van der Waals surface area contributed by atoms with Crippen molar-refractivity contribution in [1.29, 1.82) is 0 Å². The lowest BCUT2D eigenvalue weighted by Crippen LogP contribution is -2.37. The Bertz CT molecular complexity index is 1050. The van der Waals surface area contributed by atoms with Crippen LogP contribution < -0.4 is 9.03 Å². The average Bonchev–Trinajstić information content (AvgIpc) is 2.61. The standard InChI is InChI=1S/C18H21ClN2O4S2/c1-2-12-26(22,23)21-11-5-6-14-13-15(9-10-17(14)21)20-27(24,25)18-8-4-3-7-16(18)19/h3-4,7-10,13,20H,2,5-6,11-12H2,1H3. The number of hydrogen-bond acceptors (Lipinski definition) is 4. The molecule has 0 radical (unpaired) electrons. The van der Waals surface area contributed by atoms with Crippen molar-refractivity contribution < 1.29 is 16.8 Å². The minimum atomic E-state index is -3.83. The van der Waals surface area contributed by atoms with E-state index in [1.165, 1.54) is 16.4 Å². The van der Waals surface area contributed by atoms with E-state index < -0.39 is 20.0 Å². The molecular formula is C18H21ClN2O4S2. The van der Waals surface area contributed by atoms with Gasteiger partial charge in [0.25, 0.3) is 10.0 Å². The maximum atomic E-state index is 12.6. The molecule has 0 fully saturated rings. The van der Waals surface area contributed by atoms with Crippen LogP contribution in [0.4, 0.5) is 11.4 Å². The number of sulfonamides is 2. The summed E-state index contributed by atoms with van der Waals surface area (Å²) in [6, 6.07) is 11.1. The summed E-state index contributed by atoms with van der Waals surface area (Å²) in [5.74, 6) is 0.0906. The minimum Gasteiger partial charge on any atom is -0.280 e. The number of fused-ring (bicyclic) bond motifs is 1. The van der Waals surface area contributed by atoms with Gasteiger partial charge in [-0.15, -0.1) is 0 Å². The van der Waals surface area contributed by atoms with Crippen LogP contribution in [-0.2, 0) is 26.5 Å².